The number of carbonyl (C=O) groups is 1. The maximum atomic E-state index is 11.6. The van der Waals surface area contributed by atoms with Crippen molar-refractivity contribution >= 4 is 17.6 Å². The van der Waals surface area contributed by atoms with E-state index in [0.717, 1.165) is 25.0 Å². The molecule has 116 valence electrons. The molecule has 1 saturated heterocycles. The van der Waals surface area contributed by atoms with Gasteiger partial charge in [-0.15, -0.1) is 0 Å². The van der Waals surface area contributed by atoms with Gasteiger partial charge in [0.25, 0.3) is 0 Å². The molecule has 1 fully saturated rings. The van der Waals surface area contributed by atoms with Crippen molar-refractivity contribution in [1.29, 1.82) is 0 Å². The zero-order valence-corrected chi connectivity index (χ0v) is 12.7. The second-order valence-corrected chi connectivity index (χ2v) is 5.38. The number of rotatable bonds is 7. The van der Waals surface area contributed by atoms with Crippen LogP contribution in [0.4, 0.5) is 4.79 Å². The fourth-order valence-electron chi connectivity index (χ4n) is 2.07. The number of hydrogen-bond acceptors (Lipinski definition) is 3. The molecule has 6 heteroatoms. The van der Waals surface area contributed by atoms with Crippen LogP contribution < -0.4 is 10.6 Å². The van der Waals surface area contributed by atoms with Gasteiger partial charge in [0.15, 0.2) is 0 Å². The highest BCUT2D eigenvalue weighted by Gasteiger charge is 2.14. The molecular weight excluding hydrogens is 292 g/mol. The Morgan fingerprint density at radius 2 is 2.14 bits per heavy atom. The molecule has 0 radical (unpaired) electrons. The van der Waals surface area contributed by atoms with E-state index in [1.807, 2.05) is 12.1 Å². The van der Waals surface area contributed by atoms with Gasteiger partial charge < -0.3 is 20.1 Å². The van der Waals surface area contributed by atoms with Crippen LogP contribution in [0, 0.1) is 0 Å². The van der Waals surface area contributed by atoms with Gasteiger partial charge in [0.1, 0.15) is 0 Å². The van der Waals surface area contributed by atoms with E-state index in [1.165, 1.54) is 0 Å². The normalized spacial score (nSPS) is 17.7. The Labute approximate surface area is 130 Å². The van der Waals surface area contributed by atoms with Gasteiger partial charge >= 0.3 is 6.03 Å². The molecule has 0 aliphatic carbocycles. The summed E-state index contributed by atoms with van der Waals surface area (Å²) in [5.41, 5.74) is 1.00. The Bertz CT molecular complexity index is 433. The second-order valence-electron chi connectivity index (χ2n) is 4.95. The summed E-state index contributed by atoms with van der Waals surface area (Å²) in [5, 5.41) is 6.21. The second kappa shape index (κ2) is 8.87. The van der Waals surface area contributed by atoms with Crippen LogP contribution in [0.25, 0.3) is 0 Å². The smallest absolute Gasteiger partial charge is 0.315 e. The lowest BCUT2D eigenvalue weighted by molar-refractivity contribution is 0.0188. The lowest BCUT2D eigenvalue weighted by Gasteiger charge is -2.11. The van der Waals surface area contributed by atoms with Gasteiger partial charge in [0.2, 0.25) is 0 Å². The van der Waals surface area contributed by atoms with Crippen molar-refractivity contribution in [1.82, 2.24) is 10.6 Å². The zero-order valence-electron chi connectivity index (χ0n) is 11.9. The SMILES string of the molecule is O=C(NCCOC[C@H]1CCCO1)NCc1ccc(Cl)cc1. The first-order chi connectivity index (χ1) is 10.2. The molecule has 0 bridgehead atoms. The standard InChI is InChI=1S/C15H21ClN2O3/c16-13-5-3-12(4-6-13)10-18-15(19)17-7-9-20-11-14-2-1-8-21-14/h3-6,14H,1-2,7-11H2,(H2,17,18,19)/t14-/m1/s1. The first-order valence-corrected chi connectivity index (χ1v) is 7.57. The molecule has 1 aliphatic rings. The van der Waals surface area contributed by atoms with E-state index >= 15 is 0 Å². The van der Waals surface area contributed by atoms with E-state index in [-0.39, 0.29) is 12.1 Å². The van der Waals surface area contributed by atoms with Gasteiger partial charge in [0.05, 0.1) is 19.3 Å². The van der Waals surface area contributed by atoms with Crippen LogP contribution in [0.5, 0.6) is 0 Å². The minimum atomic E-state index is -0.203. The van der Waals surface area contributed by atoms with Crippen molar-refractivity contribution in [2.24, 2.45) is 0 Å². The number of ether oxygens (including phenoxy) is 2. The molecular formula is C15H21ClN2O3. The number of amides is 2. The van der Waals surface area contributed by atoms with Crippen LogP contribution in [-0.4, -0.2) is 38.5 Å². The maximum Gasteiger partial charge on any atom is 0.315 e. The molecule has 1 atom stereocenters. The predicted octanol–water partition coefficient (Wildman–Crippen LogP) is 2.33. The summed E-state index contributed by atoms with van der Waals surface area (Å²) in [5.74, 6) is 0. The molecule has 1 heterocycles. The molecule has 1 aliphatic heterocycles. The lowest BCUT2D eigenvalue weighted by atomic mass is 10.2. The number of nitrogens with one attached hydrogen (secondary N) is 2. The summed E-state index contributed by atoms with van der Waals surface area (Å²) >= 11 is 5.80. The van der Waals surface area contributed by atoms with E-state index in [9.17, 15) is 4.79 Å². The monoisotopic (exact) mass is 312 g/mol. The van der Waals surface area contributed by atoms with Gasteiger partial charge in [-0.05, 0) is 30.5 Å². The molecule has 0 saturated carbocycles. The highest BCUT2D eigenvalue weighted by atomic mass is 35.5. The van der Waals surface area contributed by atoms with E-state index in [4.69, 9.17) is 21.1 Å². The van der Waals surface area contributed by atoms with Gasteiger partial charge in [0, 0.05) is 24.7 Å². The Morgan fingerprint density at radius 3 is 2.86 bits per heavy atom. The molecule has 1 aromatic rings. The Kier molecular flexibility index (Phi) is 6.79. The third kappa shape index (κ3) is 6.33. The molecule has 0 unspecified atom stereocenters. The fourth-order valence-corrected chi connectivity index (χ4v) is 2.20. The Balaban J connectivity index is 1.50. The minimum absolute atomic E-state index is 0.203. The van der Waals surface area contributed by atoms with Crippen LogP contribution in [0.1, 0.15) is 18.4 Å². The number of urea groups is 1. The van der Waals surface area contributed by atoms with Crippen LogP contribution in [0.15, 0.2) is 24.3 Å². The van der Waals surface area contributed by atoms with Crippen LogP contribution in [0.3, 0.4) is 0 Å². The lowest BCUT2D eigenvalue weighted by Crippen LogP contribution is -2.37. The summed E-state index contributed by atoms with van der Waals surface area (Å²) in [6.45, 7) is 2.89. The average molecular weight is 313 g/mol. The molecule has 2 rings (SSSR count). The number of halogens is 1. The van der Waals surface area contributed by atoms with Crippen molar-refractivity contribution in [3.05, 3.63) is 34.9 Å². The van der Waals surface area contributed by atoms with Crippen LogP contribution in [0.2, 0.25) is 5.02 Å². The van der Waals surface area contributed by atoms with Crippen molar-refractivity contribution in [2.75, 3.05) is 26.4 Å². The van der Waals surface area contributed by atoms with Crippen molar-refractivity contribution < 1.29 is 14.3 Å². The number of hydrogen-bond donors (Lipinski definition) is 2. The van der Waals surface area contributed by atoms with Crippen molar-refractivity contribution in [3.63, 3.8) is 0 Å². The summed E-state index contributed by atoms with van der Waals surface area (Å²) in [7, 11) is 0. The number of benzene rings is 1. The summed E-state index contributed by atoms with van der Waals surface area (Å²) in [6.07, 6.45) is 2.40. The summed E-state index contributed by atoms with van der Waals surface area (Å²) in [4.78, 5) is 11.6. The van der Waals surface area contributed by atoms with Gasteiger partial charge in [-0.3, -0.25) is 0 Å². The maximum absolute atomic E-state index is 11.6. The molecule has 0 aromatic heterocycles. The number of carbonyl (C=O) groups excluding carboxylic acids is 1. The molecule has 2 N–H and O–H groups in total. The van der Waals surface area contributed by atoms with Gasteiger partial charge in [-0.2, -0.15) is 0 Å². The quantitative estimate of drug-likeness (QED) is 0.760. The van der Waals surface area contributed by atoms with E-state index in [2.05, 4.69) is 10.6 Å². The average Bonchev–Trinajstić information content (AvgIpc) is 2.99. The predicted molar refractivity (Wildman–Crippen MR) is 81.5 cm³/mol. The highest BCUT2D eigenvalue weighted by molar-refractivity contribution is 6.30. The molecule has 5 nitrogen and oxygen atoms in total. The Hall–Kier alpha value is -1.30. The minimum Gasteiger partial charge on any atom is -0.377 e. The summed E-state index contributed by atoms with van der Waals surface area (Å²) < 4.78 is 10.9. The summed E-state index contributed by atoms with van der Waals surface area (Å²) in [6, 6.07) is 7.16. The topological polar surface area (TPSA) is 59.6 Å². The van der Waals surface area contributed by atoms with Crippen molar-refractivity contribution in [2.45, 2.75) is 25.5 Å². The largest absolute Gasteiger partial charge is 0.377 e. The molecule has 0 spiro atoms. The van der Waals surface area contributed by atoms with Crippen LogP contribution in [-0.2, 0) is 16.0 Å². The first-order valence-electron chi connectivity index (χ1n) is 7.19. The van der Waals surface area contributed by atoms with Crippen molar-refractivity contribution in [3.8, 4) is 0 Å². The van der Waals surface area contributed by atoms with Gasteiger partial charge in [-0.1, -0.05) is 23.7 Å². The third-order valence-electron chi connectivity index (χ3n) is 3.23. The zero-order chi connectivity index (χ0) is 14.9. The molecule has 21 heavy (non-hydrogen) atoms. The first kappa shape index (κ1) is 16.1. The third-order valence-corrected chi connectivity index (χ3v) is 3.48. The van der Waals surface area contributed by atoms with E-state index in [0.29, 0.717) is 31.3 Å². The Morgan fingerprint density at radius 1 is 1.33 bits per heavy atom. The van der Waals surface area contributed by atoms with Crippen LogP contribution >= 0.6 is 11.6 Å². The highest BCUT2D eigenvalue weighted by Crippen LogP contribution is 2.11. The van der Waals surface area contributed by atoms with E-state index in [1.54, 1.807) is 12.1 Å². The van der Waals surface area contributed by atoms with Gasteiger partial charge in [-0.25, -0.2) is 4.79 Å². The molecule has 1 aromatic carbocycles. The fraction of sp³-hybridized carbons (Fsp3) is 0.533. The van der Waals surface area contributed by atoms with E-state index < -0.39 is 0 Å². The molecule has 2 amide bonds.